The van der Waals surface area contributed by atoms with Crippen molar-refractivity contribution in [1.29, 1.82) is 0 Å². The molecule has 168 valence electrons. The van der Waals surface area contributed by atoms with Crippen LogP contribution in [0.5, 0.6) is 0 Å². The molecule has 2 aliphatic rings. The van der Waals surface area contributed by atoms with Gasteiger partial charge in [0.1, 0.15) is 0 Å². The molecule has 28 heavy (non-hydrogen) atoms. The van der Waals surface area contributed by atoms with Crippen LogP contribution in [0.25, 0.3) is 0 Å². The SMILES string of the molecule is C/C=C\C(C)(C)C.C=C/C=C/C.CC.CC.CC1CC[C@H]2[C@H](CCC[C@@H]2C)C1. The van der Waals surface area contributed by atoms with Crippen molar-refractivity contribution >= 4 is 0 Å². The molecule has 2 saturated carbocycles. The third-order valence-corrected chi connectivity index (χ3v) is 5.26. The summed E-state index contributed by atoms with van der Waals surface area (Å²) in [5.74, 6) is 4.28. The van der Waals surface area contributed by atoms with E-state index in [1.165, 1.54) is 32.1 Å². The highest BCUT2D eigenvalue weighted by Crippen LogP contribution is 2.45. The maximum atomic E-state index is 3.46. The van der Waals surface area contributed by atoms with Gasteiger partial charge in [0.05, 0.1) is 0 Å². The van der Waals surface area contributed by atoms with E-state index < -0.39 is 0 Å². The van der Waals surface area contributed by atoms with Gasteiger partial charge in [0.15, 0.2) is 0 Å². The first kappa shape index (κ1) is 31.9. The molecular weight excluding hydrogens is 336 g/mol. The monoisotopic (exact) mass is 392 g/mol. The van der Waals surface area contributed by atoms with Crippen LogP contribution < -0.4 is 0 Å². The van der Waals surface area contributed by atoms with Gasteiger partial charge in [0, 0.05) is 0 Å². The highest BCUT2D eigenvalue weighted by Gasteiger charge is 2.34. The Bertz CT molecular complexity index is 366. The van der Waals surface area contributed by atoms with Crippen LogP contribution in [0.3, 0.4) is 0 Å². The van der Waals surface area contributed by atoms with Gasteiger partial charge in [-0.3, -0.25) is 0 Å². The van der Waals surface area contributed by atoms with E-state index >= 15 is 0 Å². The zero-order valence-electron chi connectivity index (χ0n) is 21.6. The summed E-state index contributed by atoms with van der Waals surface area (Å²) in [5.41, 5.74) is 0.370. The van der Waals surface area contributed by atoms with E-state index in [0.29, 0.717) is 5.41 Å². The Labute approximate surface area is 181 Å². The minimum Gasteiger partial charge on any atom is -0.0991 e. The van der Waals surface area contributed by atoms with Crippen LogP contribution in [0.1, 0.15) is 115 Å². The summed E-state index contributed by atoms with van der Waals surface area (Å²) in [4.78, 5) is 0. The van der Waals surface area contributed by atoms with Crippen LogP contribution in [0.2, 0.25) is 0 Å². The van der Waals surface area contributed by atoms with Crippen molar-refractivity contribution in [3.63, 3.8) is 0 Å². The Balaban J connectivity index is -0.000000337. The second-order valence-electron chi connectivity index (χ2n) is 8.88. The predicted octanol–water partition coefficient (Wildman–Crippen LogP) is 10.3. The smallest absolute Gasteiger partial charge is 0.0203 e. The Kier molecular flexibility index (Phi) is 23.9. The molecule has 0 nitrogen and oxygen atoms in total. The van der Waals surface area contributed by atoms with Crippen LogP contribution in [-0.4, -0.2) is 0 Å². The number of hydrogen-bond acceptors (Lipinski definition) is 0. The van der Waals surface area contributed by atoms with E-state index in [0.717, 1.165) is 23.7 Å². The molecule has 4 atom stereocenters. The van der Waals surface area contributed by atoms with Gasteiger partial charge in [-0.2, -0.15) is 0 Å². The average Bonchev–Trinajstić information content (AvgIpc) is 2.66. The van der Waals surface area contributed by atoms with Gasteiger partial charge in [0.25, 0.3) is 0 Å². The Hall–Kier alpha value is -0.780. The van der Waals surface area contributed by atoms with Crippen LogP contribution in [0.4, 0.5) is 0 Å². The van der Waals surface area contributed by atoms with Gasteiger partial charge >= 0.3 is 0 Å². The summed E-state index contributed by atoms with van der Waals surface area (Å²) in [6.07, 6.45) is 19.0. The van der Waals surface area contributed by atoms with E-state index in [1.54, 1.807) is 12.5 Å². The van der Waals surface area contributed by atoms with Crippen LogP contribution in [0.15, 0.2) is 37.0 Å². The molecule has 0 aromatic rings. The van der Waals surface area contributed by atoms with Crippen molar-refractivity contribution in [3.05, 3.63) is 37.0 Å². The molecule has 0 N–H and O–H groups in total. The summed E-state index contributed by atoms with van der Waals surface area (Å²) >= 11 is 0. The van der Waals surface area contributed by atoms with Crippen molar-refractivity contribution < 1.29 is 0 Å². The number of hydrogen-bond donors (Lipinski definition) is 0. The van der Waals surface area contributed by atoms with E-state index in [-0.39, 0.29) is 0 Å². The van der Waals surface area contributed by atoms with Crippen molar-refractivity contribution in [2.24, 2.45) is 29.1 Å². The highest BCUT2D eigenvalue weighted by molar-refractivity contribution is 4.94. The lowest BCUT2D eigenvalue weighted by Crippen LogP contribution is -2.31. The van der Waals surface area contributed by atoms with Crippen LogP contribution >= 0.6 is 0 Å². The van der Waals surface area contributed by atoms with Gasteiger partial charge in [0.2, 0.25) is 0 Å². The largest absolute Gasteiger partial charge is 0.0991 e. The molecule has 0 heterocycles. The fourth-order valence-electron chi connectivity index (χ4n) is 4.16. The molecule has 0 amide bonds. The maximum Gasteiger partial charge on any atom is -0.0203 e. The first-order chi connectivity index (χ1) is 13.2. The van der Waals surface area contributed by atoms with Gasteiger partial charge in [-0.25, -0.2) is 0 Å². The number of allylic oxidation sites excluding steroid dienone is 5. The Morgan fingerprint density at radius 2 is 1.39 bits per heavy atom. The molecule has 0 aliphatic heterocycles. The molecule has 0 radical (unpaired) electrons. The zero-order chi connectivity index (χ0) is 22.6. The average molecular weight is 393 g/mol. The highest BCUT2D eigenvalue weighted by atomic mass is 14.4. The fourth-order valence-corrected chi connectivity index (χ4v) is 4.16. The molecule has 0 saturated heterocycles. The van der Waals surface area contributed by atoms with Gasteiger partial charge in [-0.15, -0.1) is 0 Å². The quantitative estimate of drug-likeness (QED) is 0.307. The minimum absolute atomic E-state index is 0.370. The van der Waals surface area contributed by atoms with E-state index in [1.807, 2.05) is 53.7 Å². The molecular formula is C28H56. The predicted molar refractivity (Wildman–Crippen MR) is 135 cm³/mol. The van der Waals surface area contributed by atoms with Crippen molar-refractivity contribution in [2.45, 2.75) is 115 Å². The lowest BCUT2D eigenvalue weighted by atomic mass is 9.64. The molecule has 0 aromatic heterocycles. The second kappa shape index (κ2) is 20.9. The summed E-state index contributed by atoms with van der Waals surface area (Å²) < 4.78 is 0. The number of rotatable bonds is 1. The Morgan fingerprint density at radius 1 is 0.821 bits per heavy atom. The van der Waals surface area contributed by atoms with Crippen LogP contribution in [0, 0.1) is 29.1 Å². The maximum absolute atomic E-state index is 3.46. The topological polar surface area (TPSA) is 0 Å². The number of fused-ring (bicyclic) bond motifs is 1. The normalized spacial score (nSPS) is 26.1. The zero-order valence-corrected chi connectivity index (χ0v) is 21.6. The van der Waals surface area contributed by atoms with E-state index in [9.17, 15) is 0 Å². The third kappa shape index (κ3) is 18.6. The van der Waals surface area contributed by atoms with Crippen molar-refractivity contribution in [2.75, 3.05) is 0 Å². The molecule has 2 fully saturated rings. The lowest BCUT2D eigenvalue weighted by Gasteiger charge is -2.42. The van der Waals surface area contributed by atoms with Crippen molar-refractivity contribution in [1.82, 2.24) is 0 Å². The standard InChI is InChI=1S/C12H22.C7H14.C5H8.2C2H6/c1-9-6-7-12-10(2)4-3-5-11(12)8-9;1-5-6-7(2,3)4;1-3-5-4-2;2*1-2/h9-12H,3-8H2,1-2H3;5-6H,1-4H3;3-5H,1H2,2H3;2*1-2H3/b;6-5-;5-4+;;/t9?,10-,11+,12+;;;;/m0..../s1. The molecule has 0 heteroatoms. The second-order valence-corrected chi connectivity index (χ2v) is 8.88. The van der Waals surface area contributed by atoms with Crippen molar-refractivity contribution in [3.8, 4) is 0 Å². The fraction of sp³-hybridized carbons (Fsp3) is 0.786. The summed E-state index contributed by atoms with van der Waals surface area (Å²) in [6, 6.07) is 0. The molecule has 1 unspecified atom stereocenters. The molecule has 2 aliphatic carbocycles. The van der Waals surface area contributed by atoms with Gasteiger partial charge in [-0.05, 0) is 55.8 Å². The summed E-state index contributed by atoms with van der Waals surface area (Å²) in [6.45, 7) is 27.0. The Morgan fingerprint density at radius 3 is 1.75 bits per heavy atom. The molecule has 0 spiro atoms. The first-order valence-corrected chi connectivity index (χ1v) is 12.1. The minimum atomic E-state index is 0.370. The van der Waals surface area contributed by atoms with Crippen LogP contribution in [-0.2, 0) is 0 Å². The summed E-state index contributed by atoms with van der Waals surface area (Å²) in [7, 11) is 0. The summed E-state index contributed by atoms with van der Waals surface area (Å²) in [5, 5.41) is 0. The molecule has 0 bridgehead atoms. The molecule has 0 aromatic carbocycles. The molecule has 2 rings (SSSR count). The van der Waals surface area contributed by atoms with E-state index in [2.05, 4.69) is 53.3 Å². The lowest BCUT2D eigenvalue weighted by molar-refractivity contribution is 0.0892. The van der Waals surface area contributed by atoms with E-state index in [4.69, 9.17) is 0 Å². The van der Waals surface area contributed by atoms with Gasteiger partial charge in [-0.1, -0.05) is 125 Å². The third-order valence-electron chi connectivity index (χ3n) is 5.26. The van der Waals surface area contributed by atoms with Gasteiger partial charge < -0.3 is 0 Å². The first-order valence-electron chi connectivity index (χ1n) is 12.1.